The Morgan fingerprint density at radius 1 is 0.818 bits per heavy atom. The second kappa shape index (κ2) is 7.22. The van der Waals surface area contributed by atoms with Crippen LogP contribution in [0.2, 0.25) is 0 Å². The van der Waals surface area contributed by atoms with Crippen molar-refractivity contribution < 1.29 is 15.3 Å². The SMILES string of the molecule is C[C@H](CC[C@@H](O)C(C)(C)O)[C@H]1CC[C@@]2(C)[C@@H]3CC[C@H]4C(C)(C)[C@H](O)CC[C@@]45C[C@@]35CC[C@]12C. The number of hydrogen-bond donors (Lipinski definition) is 3. The third kappa shape index (κ3) is 3.03. The average molecular weight is 461 g/mol. The molecule has 0 amide bonds. The summed E-state index contributed by atoms with van der Waals surface area (Å²) in [4.78, 5) is 0. The molecule has 33 heavy (non-hydrogen) atoms. The molecule has 0 bridgehead atoms. The number of rotatable bonds is 5. The first-order valence-electron chi connectivity index (χ1n) is 14.2. The Hall–Kier alpha value is -0.120. The van der Waals surface area contributed by atoms with E-state index in [-0.39, 0.29) is 11.5 Å². The summed E-state index contributed by atoms with van der Waals surface area (Å²) in [5.41, 5.74) is 0.949. The van der Waals surface area contributed by atoms with Crippen LogP contribution in [0.25, 0.3) is 0 Å². The minimum Gasteiger partial charge on any atom is -0.393 e. The van der Waals surface area contributed by atoms with Crippen LogP contribution in [0, 0.1) is 50.7 Å². The van der Waals surface area contributed by atoms with Crippen LogP contribution in [0.4, 0.5) is 0 Å². The fourth-order valence-electron chi connectivity index (χ4n) is 11.3. The van der Waals surface area contributed by atoms with Gasteiger partial charge in [0.2, 0.25) is 0 Å². The van der Waals surface area contributed by atoms with Crippen LogP contribution in [0.1, 0.15) is 119 Å². The molecule has 3 nitrogen and oxygen atoms in total. The van der Waals surface area contributed by atoms with Crippen LogP contribution in [0.15, 0.2) is 0 Å². The van der Waals surface area contributed by atoms with Crippen LogP contribution in [-0.2, 0) is 0 Å². The van der Waals surface area contributed by atoms with Gasteiger partial charge in [0, 0.05) is 0 Å². The van der Waals surface area contributed by atoms with Gasteiger partial charge in [-0.25, -0.2) is 0 Å². The van der Waals surface area contributed by atoms with E-state index in [1.54, 1.807) is 13.8 Å². The van der Waals surface area contributed by atoms with Crippen molar-refractivity contribution >= 4 is 0 Å². The molecule has 3 N–H and O–H groups in total. The lowest BCUT2D eigenvalue weighted by Crippen LogP contribution is -2.57. The highest BCUT2D eigenvalue weighted by molar-refractivity contribution is 5.30. The normalized spacial score (nSPS) is 52.2. The zero-order valence-corrected chi connectivity index (χ0v) is 22.6. The maximum Gasteiger partial charge on any atom is 0.0849 e. The Morgan fingerprint density at radius 2 is 1.45 bits per heavy atom. The Balaban J connectivity index is 1.37. The lowest BCUT2D eigenvalue weighted by atomic mass is 9.41. The minimum absolute atomic E-state index is 0.0718. The quantitative estimate of drug-likeness (QED) is 0.449. The molecule has 0 aliphatic heterocycles. The van der Waals surface area contributed by atoms with E-state index in [1.165, 1.54) is 51.4 Å². The summed E-state index contributed by atoms with van der Waals surface area (Å²) in [7, 11) is 0. The van der Waals surface area contributed by atoms with Crippen LogP contribution >= 0.6 is 0 Å². The topological polar surface area (TPSA) is 60.7 Å². The highest BCUT2D eigenvalue weighted by atomic mass is 16.3. The molecule has 0 radical (unpaired) electrons. The molecular weight excluding hydrogens is 408 g/mol. The van der Waals surface area contributed by atoms with Crippen LogP contribution < -0.4 is 0 Å². The van der Waals surface area contributed by atoms with Gasteiger partial charge in [-0.05, 0) is 135 Å². The molecule has 190 valence electrons. The van der Waals surface area contributed by atoms with Gasteiger partial charge in [-0.3, -0.25) is 0 Å². The molecule has 10 atom stereocenters. The molecule has 3 heteroatoms. The van der Waals surface area contributed by atoms with Gasteiger partial charge in [0.1, 0.15) is 0 Å². The molecule has 2 spiro atoms. The molecule has 0 aromatic rings. The summed E-state index contributed by atoms with van der Waals surface area (Å²) in [5, 5.41) is 31.5. The van der Waals surface area contributed by atoms with Crippen molar-refractivity contribution in [2.45, 2.75) is 137 Å². The summed E-state index contributed by atoms with van der Waals surface area (Å²) in [5.74, 6) is 2.88. The Labute approximate surface area is 203 Å². The van der Waals surface area contributed by atoms with E-state index in [1.807, 2.05) is 0 Å². The van der Waals surface area contributed by atoms with Gasteiger partial charge >= 0.3 is 0 Å². The number of hydrogen-bond acceptors (Lipinski definition) is 3. The predicted molar refractivity (Wildman–Crippen MR) is 134 cm³/mol. The summed E-state index contributed by atoms with van der Waals surface area (Å²) in [6.45, 7) is 15.9. The molecule has 5 saturated carbocycles. The van der Waals surface area contributed by atoms with Crippen LogP contribution in [-0.4, -0.2) is 33.1 Å². The van der Waals surface area contributed by atoms with E-state index in [4.69, 9.17) is 0 Å². The van der Waals surface area contributed by atoms with Crippen LogP contribution in [0.3, 0.4) is 0 Å². The number of aliphatic hydroxyl groups excluding tert-OH is 2. The summed E-state index contributed by atoms with van der Waals surface area (Å²) < 4.78 is 0. The van der Waals surface area contributed by atoms with E-state index in [0.717, 1.165) is 24.7 Å². The molecule has 5 fully saturated rings. The molecule has 5 rings (SSSR count). The molecule has 0 heterocycles. The summed E-state index contributed by atoms with van der Waals surface area (Å²) in [6.07, 6.45) is 12.8. The third-order valence-electron chi connectivity index (χ3n) is 13.6. The largest absolute Gasteiger partial charge is 0.393 e. The van der Waals surface area contributed by atoms with E-state index >= 15 is 0 Å². The zero-order valence-electron chi connectivity index (χ0n) is 22.6. The molecule has 5 aliphatic carbocycles. The van der Waals surface area contributed by atoms with Crippen molar-refractivity contribution in [3.8, 4) is 0 Å². The highest BCUT2D eigenvalue weighted by Crippen LogP contribution is 2.89. The van der Waals surface area contributed by atoms with Gasteiger partial charge in [-0.2, -0.15) is 0 Å². The lowest BCUT2D eigenvalue weighted by Gasteiger charge is -2.63. The fraction of sp³-hybridized carbons (Fsp3) is 1.00. The van der Waals surface area contributed by atoms with Crippen molar-refractivity contribution in [3.05, 3.63) is 0 Å². The lowest BCUT2D eigenvalue weighted by molar-refractivity contribution is -0.161. The Kier molecular flexibility index (Phi) is 5.38. The molecule has 0 aromatic carbocycles. The predicted octanol–water partition coefficient (Wildman–Crippen LogP) is 6.33. The minimum atomic E-state index is -1.01. The van der Waals surface area contributed by atoms with Crippen LogP contribution in [0.5, 0.6) is 0 Å². The Morgan fingerprint density at radius 3 is 2.12 bits per heavy atom. The van der Waals surface area contributed by atoms with Crippen molar-refractivity contribution in [2.24, 2.45) is 50.7 Å². The van der Waals surface area contributed by atoms with Gasteiger partial charge in [0.15, 0.2) is 0 Å². The molecular formula is C30H52O3. The standard InChI is InChI=1S/C30H52O3/c1-19(8-11-24(32)26(4,5)33)20-12-14-28(7)22-10-9-21-25(2,3)23(31)13-15-29(21)18-30(22,29)17-16-27(20,28)6/h19-24,31-33H,8-18H2,1-7H3/t19-,20-,21+,22+,23-,24-,27-,28+,29-,30+/m1/s1. The Bertz CT molecular complexity index is 784. The molecule has 0 aromatic heterocycles. The van der Waals surface area contributed by atoms with Crippen molar-refractivity contribution in [1.29, 1.82) is 0 Å². The second-order valence-electron chi connectivity index (χ2n) is 15.3. The van der Waals surface area contributed by atoms with Gasteiger partial charge < -0.3 is 15.3 Å². The van der Waals surface area contributed by atoms with Gasteiger partial charge in [-0.15, -0.1) is 0 Å². The second-order valence-corrected chi connectivity index (χ2v) is 15.3. The zero-order chi connectivity index (χ0) is 24.2. The highest BCUT2D eigenvalue weighted by Gasteiger charge is 2.82. The van der Waals surface area contributed by atoms with Gasteiger partial charge in [0.25, 0.3) is 0 Å². The number of aliphatic hydroxyl groups is 3. The third-order valence-corrected chi connectivity index (χ3v) is 13.6. The molecule has 5 aliphatic rings. The summed E-state index contributed by atoms with van der Waals surface area (Å²) in [6, 6.07) is 0. The first-order valence-corrected chi connectivity index (χ1v) is 14.2. The van der Waals surface area contributed by atoms with E-state index in [2.05, 4.69) is 34.6 Å². The first kappa shape index (κ1) is 24.6. The van der Waals surface area contributed by atoms with E-state index in [0.29, 0.717) is 39.9 Å². The summed E-state index contributed by atoms with van der Waals surface area (Å²) >= 11 is 0. The smallest absolute Gasteiger partial charge is 0.0849 e. The average Bonchev–Trinajstić information content (AvgIpc) is 3.31. The van der Waals surface area contributed by atoms with Gasteiger partial charge in [-0.1, -0.05) is 34.6 Å². The maximum absolute atomic E-state index is 10.8. The van der Waals surface area contributed by atoms with Crippen molar-refractivity contribution in [2.75, 3.05) is 0 Å². The molecule has 0 unspecified atom stereocenters. The maximum atomic E-state index is 10.8. The monoisotopic (exact) mass is 460 g/mol. The van der Waals surface area contributed by atoms with Gasteiger partial charge in [0.05, 0.1) is 17.8 Å². The fourth-order valence-corrected chi connectivity index (χ4v) is 11.3. The van der Waals surface area contributed by atoms with Crippen molar-refractivity contribution in [3.63, 3.8) is 0 Å². The number of fused-ring (bicyclic) bond motifs is 2. The first-order chi connectivity index (χ1) is 15.2. The van der Waals surface area contributed by atoms with E-state index < -0.39 is 11.7 Å². The van der Waals surface area contributed by atoms with E-state index in [9.17, 15) is 15.3 Å². The molecule has 0 saturated heterocycles. The van der Waals surface area contributed by atoms with Crippen molar-refractivity contribution in [1.82, 2.24) is 0 Å².